The van der Waals surface area contributed by atoms with Crippen LogP contribution < -0.4 is 4.57 Å². The molecule has 2 heterocycles. The largest absolute Gasteiger partial charge is 0.456 e. The van der Waals surface area contributed by atoms with Crippen molar-refractivity contribution in [1.29, 1.82) is 0 Å². The fourth-order valence-electron chi connectivity index (χ4n) is 3.56. The zero-order valence-electron chi connectivity index (χ0n) is 15.4. The van der Waals surface area contributed by atoms with Crippen molar-refractivity contribution in [2.24, 2.45) is 0 Å². The van der Waals surface area contributed by atoms with E-state index in [0.717, 1.165) is 34.4 Å². The maximum absolute atomic E-state index is 6.21. The SMILES string of the molecule is c1ccc(C[n+]2cnn(Cc3c(-c4ccccc4)oc4ccccc34)c2)cc1. The van der Waals surface area contributed by atoms with Crippen LogP contribution in [0, 0.1) is 0 Å². The zero-order chi connectivity index (χ0) is 18.8. The number of nitrogens with zero attached hydrogens (tertiary/aromatic N) is 3. The van der Waals surface area contributed by atoms with Crippen LogP contribution in [0.3, 0.4) is 0 Å². The van der Waals surface area contributed by atoms with Gasteiger partial charge in [0.2, 0.25) is 6.33 Å². The molecule has 3 aromatic carbocycles. The van der Waals surface area contributed by atoms with Gasteiger partial charge in [0.1, 0.15) is 17.9 Å². The summed E-state index contributed by atoms with van der Waals surface area (Å²) in [4.78, 5) is 0. The summed E-state index contributed by atoms with van der Waals surface area (Å²) in [6.07, 6.45) is 3.92. The van der Waals surface area contributed by atoms with E-state index < -0.39 is 0 Å². The van der Waals surface area contributed by atoms with Crippen LogP contribution in [0.2, 0.25) is 0 Å². The van der Waals surface area contributed by atoms with Gasteiger partial charge in [0.25, 0.3) is 6.33 Å². The van der Waals surface area contributed by atoms with E-state index in [-0.39, 0.29) is 0 Å². The quantitative estimate of drug-likeness (QED) is 0.423. The van der Waals surface area contributed by atoms with Crippen LogP contribution in [0.4, 0.5) is 0 Å². The molecule has 0 saturated carbocycles. The van der Waals surface area contributed by atoms with Crippen molar-refractivity contribution in [3.05, 3.63) is 109 Å². The summed E-state index contributed by atoms with van der Waals surface area (Å²) in [6.45, 7) is 1.46. The molecule has 0 saturated heterocycles. The number of hydrogen-bond donors (Lipinski definition) is 0. The minimum Gasteiger partial charge on any atom is -0.456 e. The van der Waals surface area contributed by atoms with Crippen LogP contribution in [0.15, 0.2) is 102 Å². The Morgan fingerprint density at radius 3 is 2.36 bits per heavy atom. The van der Waals surface area contributed by atoms with Crippen molar-refractivity contribution in [2.75, 3.05) is 0 Å². The van der Waals surface area contributed by atoms with Gasteiger partial charge in [0, 0.05) is 21.6 Å². The van der Waals surface area contributed by atoms with E-state index in [2.05, 4.69) is 58.2 Å². The Bertz CT molecular complexity index is 1210. The summed E-state index contributed by atoms with van der Waals surface area (Å²) in [5, 5.41) is 5.70. The molecule has 4 heteroatoms. The molecule has 28 heavy (non-hydrogen) atoms. The number of para-hydroxylation sites is 1. The highest BCUT2D eigenvalue weighted by Crippen LogP contribution is 2.33. The lowest BCUT2D eigenvalue weighted by Crippen LogP contribution is -2.31. The third-order valence-electron chi connectivity index (χ3n) is 4.89. The second kappa shape index (κ2) is 7.16. The number of aromatic nitrogens is 3. The summed E-state index contributed by atoms with van der Waals surface area (Å²) in [6, 6.07) is 28.9. The van der Waals surface area contributed by atoms with E-state index in [1.54, 1.807) is 0 Å². The molecule has 0 aliphatic rings. The first kappa shape index (κ1) is 16.5. The number of benzene rings is 3. The molecule has 136 valence electrons. The standard InChI is InChI=1S/C24H20N3O/c1-3-9-19(10-4-1)15-26-17-25-27(18-26)16-22-21-13-7-8-14-23(21)28-24(22)20-11-5-2-6-12-20/h1-14,17-18H,15-16H2/q+1. The summed E-state index contributed by atoms with van der Waals surface area (Å²) in [5.74, 6) is 0.909. The van der Waals surface area contributed by atoms with Gasteiger partial charge >= 0.3 is 0 Å². The third kappa shape index (κ3) is 3.21. The molecule has 5 aromatic rings. The Kier molecular flexibility index (Phi) is 4.22. The van der Waals surface area contributed by atoms with Crippen LogP contribution in [0.25, 0.3) is 22.3 Å². The summed E-state index contributed by atoms with van der Waals surface area (Å²) < 4.78 is 10.3. The lowest BCUT2D eigenvalue weighted by molar-refractivity contribution is -0.689. The first-order valence-electron chi connectivity index (χ1n) is 9.38. The number of furan rings is 1. The Balaban J connectivity index is 1.50. The van der Waals surface area contributed by atoms with Gasteiger partial charge in [-0.25, -0.2) is 4.57 Å². The minimum absolute atomic E-state index is 0.656. The zero-order valence-corrected chi connectivity index (χ0v) is 15.4. The number of hydrogen-bond acceptors (Lipinski definition) is 2. The average molecular weight is 366 g/mol. The van der Waals surface area contributed by atoms with Gasteiger partial charge in [-0.2, -0.15) is 0 Å². The summed E-state index contributed by atoms with van der Waals surface area (Å²) in [5.41, 5.74) is 4.39. The first-order valence-corrected chi connectivity index (χ1v) is 9.38. The Morgan fingerprint density at radius 2 is 1.54 bits per heavy atom. The molecule has 2 aromatic heterocycles. The highest BCUT2D eigenvalue weighted by atomic mass is 16.3. The van der Waals surface area contributed by atoms with Gasteiger partial charge in [-0.15, -0.1) is 4.68 Å². The topological polar surface area (TPSA) is 34.8 Å². The molecule has 4 nitrogen and oxygen atoms in total. The van der Waals surface area contributed by atoms with Crippen LogP contribution in [-0.4, -0.2) is 9.78 Å². The predicted octanol–water partition coefficient (Wildman–Crippen LogP) is 4.68. The maximum atomic E-state index is 6.21. The summed E-state index contributed by atoms with van der Waals surface area (Å²) in [7, 11) is 0. The molecular formula is C24H20N3O+. The maximum Gasteiger partial charge on any atom is 0.265 e. The highest BCUT2D eigenvalue weighted by molar-refractivity contribution is 5.87. The van der Waals surface area contributed by atoms with Crippen molar-refractivity contribution < 1.29 is 8.98 Å². The van der Waals surface area contributed by atoms with E-state index in [4.69, 9.17) is 4.42 Å². The second-order valence-corrected chi connectivity index (χ2v) is 6.87. The second-order valence-electron chi connectivity index (χ2n) is 6.87. The third-order valence-corrected chi connectivity index (χ3v) is 4.89. The van der Waals surface area contributed by atoms with Gasteiger partial charge in [0.15, 0.2) is 0 Å². The Hall–Kier alpha value is -3.66. The van der Waals surface area contributed by atoms with Crippen LogP contribution >= 0.6 is 0 Å². The Morgan fingerprint density at radius 1 is 0.821 bits per heavy atom. The van der Waals surface area contributed by atoms with Crippen LogP contribution in [0.5, 0.6) is 0 Å². The van der Waals surface area contributed by atoms with Crippen molar-refractivity contribution in [3.8, 4) is 11.3 Å². The lowest BCUT2D eigenvalue weighted by atomic mass is 10.1. The molecule has 0 radical (unpaired) electrons. The predicted molar refractivity (Wildman–Crippen MR) is 109 cm³/mol. The van der Waals surface area contributed by atoms with Crippen LogP contribution in [0.1, 0.15) is 11.1 Å². The van der Waals surface area contributed by atoms with Crippen molar-refractivity contribution in [1.82, 2.24) is 9.78 Å². The average Bonchev–Trinajstić information content (AvgIpc) is 3.34. The van der Waals surface area contributed by atoms with Crippen molar-refractivity contribution in [3.63, 3.8) is 0 Å². The summed E-state index contributed by atoms with van der Waals surface area (Å²) >= 11 is 0. The van der Waals surface area contributed by atoms with Crippen molar-refractivity contribution >= 4 is 11.0 Å². The van der Waals surface area contributed by atoms with Gasteiger partial charge in [-0.3, -0.25) is 0 Å². The molecule has 5 rings (SSSR count). The smallest absolute Gasteiger partial charge is 0.265 e. The molecule has 0 amide bonds. The van der Waals surface area contributed by atoms with Gasteiger partial charge in [-0.1, -0.05) is 78.9 Å². The fraction of sp³-hybridized carbons (Fsp3) is 0.0833. The molecule has 0 N–H and O–H groups in total. The molecule has 0 aliphatic heterocycles. The highest BCUT2D eigenvalue weighted by Gasteiger charge is 2.19. The molecule has 0 aliphatic carbocycles. The fourth-order valence-corrected chi connectivity index (χ4v) is 3.56. The number of rotatable bonds is 5. The van der Waals surface area contributed by atoms with E-state index >= 15 is 0 Å². The monoisotopic (exact) mass is 366 g/mol. The lowest BCUT2D eigenvalue weighted by Gasteiger charge is -2.01. The van der Waals surface area contributed by atoms with E-state index in [0.29, 0.717) is 6.54 Å². The van der Waals surface area contributed by atoms with E-state index in [1.165, 1.54) is 5.56 Å². The number of fused-ring (bicyclic) bond motifs is 1. The minimum atomic E-state index is 0.656. The molecule has 0 spiro atoms. The normalized spacial score (nSPS) is 11.1. The van der Waals surface area contributed by atoms with Gasteiger partial charge in [0.05, 0.1) is 6.54 Å². The molecule has 0 atom stereocenters. The van der Waals surface area contributed by atoms with Gasteiger partial charge in [-0.05, 0) is 11.6 Å². The first-order chi connectivity index (χ1) is 13.9. The van der Waals surface area contributed by atoms with Crippen molar-refractivity contribution in [2.45, 2.75) is 13.1 Å². The molecule has 0 fully saturated rings. The van der Waals surface area contributed by atoms with E-state index in [1.807, 2.05) is 53.7 Å². The molecular weight excluding hydrogens is 346 g/mol. The van der Waals surface area contributed by atoms with E-state index in [9.17, 15) is 0 Å². The molecule has 0 unspecified atom stereocenters. The Labute approximate surface area is 163 Å². The van der Waals surface area contributed by atoms with Gasteiger partial charge < -0.3 is 4.42 Å². The molecule has 0 bridgehead atoms. The van der Waals surface area contributed by atoms with Crippen LogP contribution in [-0.2, 0) is 13.1 Å².